The zero-order valence-electron chi connectivity index (χ0n) is 17.2. The molecule has 0 atom stereocenters. The summed E-state index contributed by atoms with van der Waals surface area (Å²) in [5.41, 5.74) is 3.99. The molecule has 1 amide bonds. The third-order valence-corrected chi connectivity index (χ3v) is 6.35. The molecule has 3 aromatic rings. The lowest BCUT2D eigenvalue weighted by atomic mass is 10.1. The van der Waals surface area contributed by atoms with Gasteiger partial charge in [0.05, 0.1) is 22.8 Å². The van der Waals surface area contributed by atoms with Crippen molar-refractivity contribution in [1.82, 2.24) is 19.5 Å². The summed E-state index contributed by atoms with van der Waals surface area (Å²) in [5.74, 6) is -0.737. The van der Waals surface area contributed by atoms with E-state index in [-0.39, 0.29) is 5.75 Å². The van der Waals surface area contributed by atoms with Crippen LogP contribution in [0.3, 0.4) is 0 Å². The van der Waals surface area contributed by atoms with Crippen LogP contribution in [-0.2, 0) is 21.9 Å². The minimum atomic E-state index is -3.64. The number of hydrogen-bond acceptors (Lipinski definition) is 4. The fourth-order valence-corrected chi connectivity index (χ4v) is 4.61. The highest BCUT2D eigenvalue weighted by Gasteiger charge is 2.17. The zero-order chi connectivity index (χ0) is 21.9. The number of rotatable bonds is 8. The van der Waals surface area contributed by atoms with Crippen molar-refractivity contribution in [2.75, 3.05) is 5.75 Å². The predicted octanol–water partition coefficient (Wildman–Crippen LogP) is 4.18. The Morgan fingerprint density at radius 2 is 2.07 bits per heavy atom. The summed E-state index contributed by atoms with van der Waals surface area (Å²) in [7, 11) is -1.82. The topological polar surface area (TPSA) is 96.8 Å². The van der Waals surface area contributed by atoms with E-state index in [0.717, 1.165) is 46.4 Å². The molecule has 2 heterocycles. The second-order valence-corrected chi connectivity index (χ2v) is 9.49. The molecule has 1 aromatic carbocycles. The first-order valence-electron chi connectivity index (χ1n) is 9.75. The molecule has 0 bridgehead atoms. The first kappa shape index (κ1) is 22.1. The van der Waals surface area contributed by atoms with E-state index in [4.69, 9.17) is 11.6 Å². The molecule has 3 rings (SSSR count). The van der Waals surface area contributed by atoms with E-state index in [2.05, 4.69) is 14.8 Å². The predicted molar refractivity (Wildman–Crippen MR) is 121 cm³/mol. The van der Waals surface area contributed by atoms with Crippen LogP contribution in [0, 0.1) is 6.92 Å². The average Bonchev–Trinajstić information content (AvgIpc) is 3.18. The summed E-state index contributed by atoms with van der Waals surface area (Å²) in [6.07, 6.45) is 5.06. The van der Waals surface area contributed by atoms with E-state index in [1.54, 1.807) is 10.8 Å². The van der Waals surface area contributed by atoms with Gasteiger partial charge in [0.15, 0.2) is 0 Å². The molecule has 0 unspecified atom stereocenters. The molecule has 160 valence electrons. The van der Waals surface area contributed by atoms with Crippen LogP contribution in [0.5, 0.6) is 0 Å². The van der Waals surface area contributed by atoms with Crippen molar-refractivity contribution in [3.8, 4) is 11.4 Å². The van der Waals surface area contributed by atoms with Crippen LogP contribution in [0.4, 0.5) is 0 Å². The van der Waals surface area contributed by atoms with Gasteiger partial charge < -0.3 is 4.98 Å². The lowest BCUT2D eigenvalue weighted by Crippen LogP contribution is -2.31. The largest absolute Gasteiger partial charge is 0.353 e. The number of carbonyl (C=O) groups is 1. The molecule has 0 saturated carbocycles. The van der Waals surface area contributed by atoms with Crippen molar-refractivity contribution in [1.29, 1.82) is 0 Å². The summed E-state index contributed by atoms with van der Waals surface area (Å²) in [6.45, 7) is 3.82. The highest BCUT2D eigenvalue weighted by molar-refractivity contribution is 7.90. The van der Waals surface area contributed by atoms with Crippen molar-refractivity contribution in [2.45, 2.75) is 33.1 Å². The molecule has 0 spiro atoms. The number of aryl methyl sites for hydroxylation is 2. The Labute approximate surface area is 181 Å². The zero-order valence-corrected chi connectivity index (χ0v) is 18.8. The number of aromatic amines is 1. The van der Waals surface area contributed by atoms with Crippen LogP contribution in [-0.4, -0.2) is 34.8 Å². The third kappa shape index (κ3) is 5.12. The van der Waals surface area contributed by atoms with E-state index in [1.165, 1.54) is 6.08 Å². The molecule has 0 aliphatic rings. The third-order valence-electron chi connectivity index (χ3n) is 4.78. The lowest BCUT2D eigenvalue weighted by Gasteiger charge is -2.04. The molecule has 0 saturated heterocycles. The maximum absolute atomic E-state index is 12.2. The first-order valence-corrected chi connectivity index (χ1v) is 11.8. The van der Waals surface area contributed by atoms with E-state index >= 15 is 0 Å². The van der Waals surface area contributed by atoms with E-state index < -0.39 is 15.9 Å². The Kier molecular flexibility index (Phi) is 6.67. The monoisotopic (exact) mass is 448 g/mol. The molecular weight excluding hydrogens is 424 g/mol. The Morgan fingerprint density at radius 1 is 1.30 bits per heavy atom. The van der Waals surface area contributed by atoms with Gasteiger partial charge >= 0.3 is 0 Å². The molecule has 0 radical (unpaired) electrons. The van der Waals surface area contributed by atoms with Crippen LogP contribution in [0.15, 0.2) is 30.3 Å². The van der Waals surface area contributed by atoms with Crippen LogP contribution < -0.4 is 4.72 Å². The number of sulfonamides is 1. The van der Waals surface area contributed by atoms with Gasteiger partial charge in [-0.1, -0.05) is 31.4 Å². The Bertz CT molecular complexity index is 1210. The van der Waals surface area contributed by atoms with E-state index in [1.807, 2.05) is 45.2 Å². The number of amides is 1. The number of benzene rings is 1. The van der Waals surface area contributed by atoms with Gasteiger partial charge in [0.25, 0.3) is 5.91 Å². The van der Waals surface area contributed by atoms with Crippen LogP contribution in [0.25, 0.3) is 28.4 Å². The lowest BCUT2D eigenvalue weighted by molar-refractivity contribution is -0.114. The maximum atomic E-state index is 12.2. The SMILES string of the molecule is CCCCCS(=O)(=O)NC(=O)/C=C/c1c(C)nn(C)c1-c1cc2cc(Cl)ccc2[nH]1. The number of fused-ring (bicyclic) bond motifs is 1. The van der Waals surface area contributed by atoms with Gasteiger partial charge in [0.2, 0.25) is 10.0 Å². The molecule has 0 fully saturated rings. The summed E-state index contributed by atoms with van der Waals surface area (Å²) < 4.78 is 27.8. The molecule has 2 aromatic heterocycles. The minimum Gasteiger partial charge on any atom is -0.353 e. The van der Waals surface area contributed by atoms with Gasteiger partial charge in [-0.3, -0.25) is 9.48 Å². The molecular formula is C21H25ClN4O3S. The van der Waals surface area contributed by atoms with Crippen molar-refractivity contribution < 1.29 is 13.2 Å². The van der Waals surface area contributed by atoms with Crippen molar-refractivity contribution in [2.24, 2.45) is 7.05 Å². The van der Waals surface area contributed by atoms with Gasteiger partial charge in [-0.05, 0) is 43.7 Å². The normalized spacial score (nSPS) is 12.1. The highest BCUT2D eigenvalue weighted by atomic mass is 35.5. The van der Waals surface area contributed by atoms with Crippen molar-refractivity contribution >= 4 is 44.5 Å². The number of carbonyl (C=O) groups excluding carboxylic acids is 1. The summed E-state index contributed by atoms with van der Waals surface area (Å²) in [6, 6.07) is 7.54. The maximum Gasteiger partial charge on any atom is 0.257 e. The molecule has 0 aliphatic heterocycles. The number of nitrogens with one attached hydrogen (secondary N) is 2. The van der Waals surface area contributed by atoms with Crippen LogP contribution >= 0.6 is 11.6 Å². The Morgan fingerprint density at radius 3 is 2.80 bits per heavy atom. The minimum absolute atomic E-state index is 0.0603. The van der Waals surface area contributed by atoms with Gasteiger partial charge in [0.1, 0.15) is 0 Å². The number of hydrogen-bond donors (Lipinski definition) is 2. The number of aromatic nitrogens is 3. The second kappa shape index (κ2) is 9.06. The number of nitrogens with zero attached hydrogens (tertiary/aromatic N) is 2. The smallest absolute Gasteiger partial charge is 0.257 e. The molecule has 2 N–H and O–H groups in total. The number of H-pyrrole nitrogens is 1. The molecule has 9 heteroatoms. The Balaban J connectivity index is 1.85. The summed E-state index contributed by atoms with van der Waals surface area (Å²) in [5, 5.41) is 6.05. The fraction of sp³-hybridized carbons (Fsp3) is 0.333. The van der Waals surface area contributed by atoms with Gasteiger partial charge in [0, 0.05) is 34.6 Å². The molecule has 0 aliphatic carbocycles. The van der Waals surface area contributed by atoms with Crippen molar-refractivity contribution in [3.63, 3.8) is 0 Å². The van der Waals surface area contributed by atoms with E-state index in [9.17, 15) is 13.2 Å². The van der Waals surface area contributed by atoms with E-state index in [0.29, 0.717) is 11.4 Å². The first-order chi connectivity index (χ1) is 14.2. The van der Waals surface area contributed by atoms with Crippen LogP contribution in [0.2, 0.25) is 5.02 Å². The second-order valence-electron chi connectivity index (χ2n) is 7.21. The van der Waals surface area contributed by atoms with Gasteiger partial charge in [-0.25, -0.2) is 13.1 Å². The number of unbranched alkanes of at least 4 members (excludes halogenated alkanes) is 2. The average molecular weight is 449 g/mol. The van der Waals surface area contributed by atoms with Gasteiger partial charge in [-0.2, -0.15) is 5.10 Å². The van der Waals surface area contributed by atoms with Crippen LogP contribution in [0.1, 0.15) is 37.4 Å². The Hall–Kier alpha value is -2.58. The highest BCUT2D eigenvalue weighted by Crippen LogP contribution is 2.30. The van der Waals surface area contributed by atoms with Crippen molar-refractivity contribution in [3.05, 3.63) is 46.6 Å². The molecule has 7 nitrogen and oxygen atoms in total. The quantitative estimate of drug-likeness (QED) is 0.399. The number of halogens is 1. The standard InChI is InChI=1S/C21H25ClN4O3S/c1-4-5-6-11-30(28,29)25-20(27)10-8-17-14(2)24-26(3)21(17)19-13-15-12-16(22)7-9-18(15)23-19/h7-10,12-13,23H,4-6,11H2,1-3H3,(H,25,27)/b10-8+. The summed E-state index contributed by atoms with van der Waals surface area (Å²) >= 11 is 6.08. The summed E-state index contributed by atoms with van der Waals surface area (Å²) in [4.78, 5) is 15.5. The fourth-order valence-electron chi connectivity index (χ4n) is 3.36. The van der Waals surface area contributed by atoms with Gasteiger partial charge in [-0.15, -0.1) is 0 Å². The molecule has 30 heavy (non-hydrogen) atoms.